The van der Waals surface area contributed by atoms with E-state index in [2.05, 4.69) is 26.8 Å². The van der Waals surface area contributed by atoms with Gasteiger partial charge in [-0.3, -0.25) is 0 Å². The van der Waals surface area contributed by atoms with Gasteiger partial charge in [-0.05, 0) is 17.0 Å². The van der Waals surface area contributed by atoms with Crippen LogP contribution in [0.4, 0.5) is 0 Å². The van der Waals surface area contributed by atoms with E-state index in [-0.39, 0.29) is 17.6 Å². The summed E-state index contributed by atoms with van der Waals surface area (Å²) in [5.74, 6) is 0.965. The third-order valence-corrected chi connectivity index (χ3v) is 3.06. The van der Waals surface area contributed by atoms with Crippen molar-refractivity contribution in [2.75, 3.05) is 0 Å². The lowest BCUT2D eigenvalue weighted by Crippen LogP contribution is -2.37. The molecule has 88 valence electrons. The molecule has 0 unspecified atom stereocenters. The molecular weight excluding hydrogens is 200 g/mol. The largest absolute Gasteiger partial charge is 0.490 e. The van der Waals surface area contributed by atoms with Crippen molar-refractivity contribution in [1.82, 2.24) is 0 Å². The number of ether oxygens (including phenoxy) is 1. The van der Waals surface area contributed by atoms with E-state index >= 15 is 0 Å². The van der Waals surface area contributed by atoms with Crippen molar-refractivity contribution in [3.8, 4) is 5.75 Å². The summed E-state index contributed by atoms with van der Waals surface area (Å²) >= 11 is 0. The molecule has 1 N–H and O–H groups in total. The molecule has 0 heterocycles. The molecule has 0 amide bonds. The Balaban J connectivity index is 2.14. The SMILES string of the molecule is CC(C)(C)c1ccccc1O[C@H]1C[C@H](O)C1. The van der Waals surface area contributed by atoms with Gasteiger partial charge < -0.3 is 9.84 Å². The molecule has 1 aliphatic rings. The standard InChI is InChI=1S/C14H20O2/c1-14(2,3)12-6-4-5-7-13(12)16-11-8-10(15)9-11/h4-7,10-11,15H,8-9H2,1-3H3/t10-,11-. The Hall–Kier alpha value is -1.02. The van der Waals surface area contributed by atoms with E-state index in [0.717, 1.165) is 18.6 Å². The van der Waals surface area contributed by atoms with Gasteiger partial charge in [0.05, 0.1) is 6.10 Å². The van der Waals surface area contributed by atoms with Gasteiger partial charge in [-0.2, -0.15) is 0 Å². The zero-order valence-electron chi connectivity index (χ0n) is 10.2. The average Bonchev–Trinajstić information content (AvgIpc) is 2.14. The molecule has 0 bridgehead atoms. The Morgan fingerprint density at radius 3 is 2.38 bits per heavy atom. The van der Waals surface area contributed by atoms with Crippen LogP contribution in [0.3, 0.4) is 0 Å². The van der Waals surface area contributed by atoms with Crippen LogP contribution in [-0.4, -0.2) is 17.3 Å². The normalized spacial score (nSPS) is 25.0. The van der Waals surface area contributed by atoms with E-state index < -0.39 is 0 Å². The highest BCUT2D eigenvalue weighted by molar-refractivity contribution is 5.38. The first-order valence-corrected chi connectivity index (χ1v) is 5.91. The minimum absolute atomic E-state index is 0.0962. The highest BCUT2D eigenvalue weighted by atomic mass is 16.5. The Morgan fingerprint density at radius 2 is 1.81 bits per heavy atom. The third-order valence-electron chi connectivity index (χ3n) is 3.06. The molecule has 2 rings (SSSR count). The fourth-order valence-electron chi connectivity index (χ4n) is 2.00. The summed E-state index contributed by atoms with van der Waals surface area (Å²) in [5.41, 5.74) is 1.33. The number of aliphatic hydroxyl groups excluding tert-OH is 1. The van der Waals surface area contributed by atoms with Gasteiger partial charge in [0.1, 0.15) is 11.9 Å². The van der Waals surface area contributed by atoms with Crippen LogP contribution in [0.25, 0.3) is 0 Å². The van der Waals surface area contributed by atoms with E-state index in [4.69, 9.17) is 4.74 Å². The molecule has 0 aromatic heterocycles. The molecule has 0 atom stereocenters. The Bertz CT molecular complexity index is 359. The van der Waals surface area contributed by atoms with Crippen LogP contribution < -0.4 is 4.74 Å². The van der Waals surface area contributed by atoms with Crippen LogP contribution in [0.1, 0.15) is 39.2 Å². The third kappa shape index (κ3) is 2.38. The second kappa shape index (κ2) is 4.10. The summed E-state index contributed by atoms with van der Waals surface area (Å²) in [6.07, 6.45) is 1.56. The molecule has 0 radical (unpaired) electrons. The van der Waals surface area contributed by atoms with Gasteiger partial charge in [0.15, 0.2) is 0 Å². The lowest BCUT2D eigenvalue weighted by atomic mass is 9.86. The fraction of sp³-hybridized carbons (Fsp3) is 0.571. The van der Waals surface area contributed by atoms with Gasteiger partial charge >= 0.3 is 0 Å². The quantitative estimate of drug-likeness (QED) is 0.830. The van der Waals surface area contributed by atoms with Gasteiger partial charge in [0, 0.05) is 12.8 Å². The number of hydrogen-bond donors (Lipinski definition) is 1. The van der Waals surface area contributed by atoms with Crippen LogP contribution in [0.15, 0.2) is 24.3 Å². The maximum Gasteiger partial charge on any atom is 0.123 e. The van der Waals surface area contributed by atoms with Gasteiger partial charge in [-0.1, -0.05) is 39.0 Å². The summed E-state index contributed by atoms with van der Waals surface area (Å²) in [4.78, 5) is 0. The second-order valence-electron chi connectivity index (χ2n) is 5.61. The molecule has 2 nitrogen and oxygen atoms in total. The fourth-order valence-corrected chi connectivity index (χ4v) is 2.00. The summed E-state index contributed by atoms with van der Waals surface area (Å²) in [6.45, 7) is 6.56. The van der Waals surface area contributed by atoms with Crippen molar-refractivity contribution >= 4 is 0 Å². The zero-order valence-corrected chi connectivity index (χ0v) is 10.2. The van der Waals surface area contributed by atoms with Crippen LogP contribution in [-0.2, 0) is 5.41 Å². The molecule has 0 aliphatic heterocycles. The molecule has 0 saturated heterocycles. The number of hydrogen-bond acceptors (Lipinski definition) is 2. The van der Waals surface area contributed by atoms with Gasteiger partial charge in [0.2, 0.25) is 0 Å². The molecule has 1 aromatic carbocycles. The van der Waals surface area contributed by atoms with Crippen molar-refractivity contribution < 1.29 is 9.84 Å². The molecule has 1 aromatic rings. The van der Waals surface area contributed by atoms with E-state index in [0.29, 0.717) is 0 Å². The maximum atomic E-state index is 9.25. The van der Waals surface area contributed by atoms with Gasteiger partial charge in [0.25, 0.3) is 0 Å². The Kier molecular flexibility index (Phi) is 2.94. The maximum absolute atomic E-state index is 9.25. The van der Waals surface area contributed by atoms with Crippen LogP contribution in [0.2, 0.25) is 0 Å². The van der Waals surface area contributed by atoms with Crippen LogP contribution >= 0.6 is 0 Å². The number of aliphatic hydroxyl groups is 1. The van der Waals surface area contributed by atoms with E-state index in [1.807, 2.05) is 18.2 Å². The molecule has 1 fully saturated rings. The lowest BCUT2D eigenvalue weighted by molar-refractivity contribution is -0.0115. The van der Waals surface area contributed by atoms with Crippen molar-refractivity contribution in [1.29, 1.82) is 0 Å². The zero-order chi connectivity index (χ0) is 11.8. The van der Waals surface area contributed by atoms with Gasteiger partial charge in [-0.25, -0.2) is 0 Å². The molecule has 1 aliphatic carbocycles. The highest BCUT2D eigenvalue weighted by Gasteiger charge is 2.30. The Labute approximate surface area is 97.3 Å². The summed E-state index contributed by atoms with van der Waals surface area (Å²) in [5, 5.41) is 9.25. The molecular formula is C14H20O2. The first-order chi connectivity index (χ1) is 7.47. The highest BCUT2D eigenvalue weighted by Crippen LogP contribution is 2.34. The van der Waals surface area contributed by atoms with Gasteiger partial charge in [-0.15, -0.1) is 0 Å². The van der Waals surface area contributed by atoms with Crippen LogP contribution in [0.5, 0.6) is 5.75 Å². The summed E-state index contributed by atoms with van der Waals surface area (Å²) in [6, 6.07) is 8.18. The predicted octanol–water partition coefficient (Wildman–Crippen LogP) is 2.89. The van der Waals surface area contributed by atoms with Crippen molar-refractivity contribution in [3.63, 3.8) is 0 Å². The number of benzene rings is 1. The van der Waals surface area contributed by atoms with Crippen molar-refractivity contribution in [2.24, 2.45) is 0 Å². The van der Waals surface area contributed by atoms with Crippen molar-refractivity contribution in [2.45, 2.75) is 51.2 Å². The first kappa shape index (κ1) is 11.5. The van der Waals surface area contributed by atoms with E-state index in [1.54, 1.807) is 0 Å². The number of para-hydroxylation sites is 1. The molecule has 16 heavy (non-hydrogen) atoms. The van der Waals surface area contributed by atoms with E-state index in [9.17, 15) is 5.11 Å². The first-order valence-electron chi connectivity index (χ1n) is 5.91. The average molecular weight is 220 g/mol. The van der Waals surface area contributed by atoms with Crippen molar-refractivity contribution in [3.05, 3.63) is 29.8 Å². The summed E-state index contributed by atoms with van der Waals surface area (Å²) < 4.78 is 5.92. The molecule has 1 saturated carbocycles. The van der Waals surface area contributed by atoms with E-state index in [1.165, 1.54) is 5.56 Å². The second-order valence-corrected chi connectivity index (χ2v) is 5.61. The van der Waals surface area contributed by atoms with Crippen LogP contribution in [0, 0.1) is 0 Å². The lowest BCUT2D eigenvalue weighted by Gasteiger charge is -2.33. The predicted molar refractivity (Wildman–Crippen MR) is 64.8 cm³/mol. The molecule has 0 spiro atoms. The Morgan fingerprint density at radius 1 is 1.19 bits per heavy atom. The number of rotatable bonds is 2. The minimum atomic E-state index is -0.160. The smallest absolute Gasteiger partial charge is 0.123 e. The summed E-state index contributed by atoms with van der Waals surface area (Å²) in [7, 11) is 0. The minimum Gasteiger partial charge on any atom is -0.490 e. The molecule has 2 heteroatoms. The monoisotopic (exact) mass is 220 g/mol. The topological polar surface area (TPSA) is 29.5 Å².